The Morgan fingerprint density at radius 1 is 1.08 bits per heavy atom. The van der Waals surface area contributed by atoms with Crippen LogP contribution in [0.25, 0.3) is 39.3 Å². The molecular weight excluding hydrogens is 494 g/mol. The van der Waals surface area contributed by atoms with Gasteiger partial charge in [-0.1, -0.05) is 18.2 Å². The standard InChI is InChI=1S/C25H19N7O4S/c26-10-4-11-30-15-17(13-28-30)32-23-20-9-12-31(37(34,35)19-5-2-1-3-6-19)24(20)27-14-21(23)29-25(32)22-8-7-18(16-33)36-22/h1-3,5-9,12-15,33H,4,11,16H2. The normalized spacial score (nSPS) is 11.9. The summed E-state index contributed by atoms with van der Waals surface area (Å²) < 4.78 is 37.2. The number of benzene rings is 1. The van der Waals surface area contributed by atoms with E-state index in [1.165, 1.54) is 24.5 Å². The van der Waals surface area contributed by atoms with Crippen molar-refractivity contribution >= 4 is 32.1 Å². The number of furan rings is 1. The molecule has 0 spiro atoms. The summed E-state index contributed by atoms with van der Waals surface area (Å²) in [5, 5.41) is 23.4. The first-order chi connectivity index (χ1) is 18.0. The Morgan fingerprint density at radius 3 is 2.68 bits per heavy atom. The topological polar surface area (TPSA) is 145 Å². The van der Waals surface area contributed by atoms with Gasteiger partial charge in [-0.2, -0.15) is 10.4 Å². The molecule has 6 rings (SSSR count). The molecule has 5 heterocycles. The summed E-state index contributed by atoms with van der Waals surface area (Å²) in [6.07, 6.45) is 6.71. The van der Waals surface area contributed by atoms with Gasteiger partial charge in [0.05, 0.1) is 47.5 Å². The van der Waals surface area contributed by atoms with Crippen molar-refractivity contribution in [2.45, 2.75) is 24.5 Å². The summed E-state index contributed by atoms with van der Waals surface area (Å²) >= 11 is 0. The molecule has 6 aromatic rings. The first-order valence-corrected chi connectivity index (χ1v) is 12.7. The Morgan fingerprint density at radius 2 is 1.92 bits per heavy atom. The second-order valence-electron chi connectivity index (χ2n) is 8.22. The minimum atomic E-state index is -3.89. The highest BCUT2D eigenvalue weighted by Gasteiger charge is 2.25. The van der Waals surface area contributed by atoms with Crippen LogP contribution in [-0.4, -0.2) is 41.8 Å². The number of fused-ring (bicyclic) bond motifs is 3. The number of hydrogen-bond donors (Lipinski definition) is 1. The van der Waals surface area contributed by atoms with E-state index < -0.39 is 10.0 Å². The fraction of sp³-hybridized carbons (Fsp3) is 0.120. The highest BCUT2D eigenvalue weighted by molar-refractivity contribution is 7.90. The van der Waals surface area contributed by atoms with Crippen LogP contribution >= 0.6 is 0 Å². The predicted molar refractivity (Wildman–Crippen MR) is 133 cm³/mol. The summed E-state index contributed by atoms with van der Waals surface area (Å²) in [5.74, 6) is 1.22. The number of imidazole rings is 1. The molecule has 0 aliphatic rings. The second kappa shape index (κ2) is 8.74. The number of hydrogen-bond acceptors (Lipinski definition) is 8. The lowest BCUT2D eigenvalue weighted by Crippen LogP contribution is -2.12. The SMILES string of the molecule is N#CCCn1cc(-n2c(-c3ccc(CO)o3)nc3cnc4c(ccn4S(=O)(=O)c4ccccc4)c32)cn1. The molecule has 0 aliphatic carbocycles. The number of nitriles is 1. The van der Waals surface area contributed by atoms with E-state index in [4.69, 9.17) is 14.7 Å². The van der Waals surface area contributed by atoms with Crippen LogP contribution in [0.1, 0.15) is 12.2 Å². The Bertz CT molecular complexity index is 1910. The van der Waals surface area contributed by atoms with Crippen LogP contribution in [0.2, 0.25) is 0 Å². The molecule has 0 atom stereocenters. The lowest BCUT2D eigenvalue weighted by Gasteiger charge is -2.08. The molecular formula is C25H19N7O4S. The largest absolute Gasteiger partial charge is 0.455 e. The van der Waals surface area contributed by atoms with E-state index in [2.05, 4.69) is 16.2 Å². The number of aromatic nitrogens is 6. The predicted octanol–water partition coefficient (Wildman–Crippen LogP) is 3.47. The van der Waals surface area contributed by atoms with Gasteiger partial charge in [-0.25, -0.2) is 22.4 Å². The Balaban J connectivity index is 1.61. The number of nitrogens with zero attached hydrogens (tertiary/aromatic N) is 7. The lowest BCUT2D eigenvalue weighted by atomic mass is 10.3. The zero-order valence-corrected chi connectivity index (χ0v) is 20.1. The van der Waals surface area contributed by atoms with Crippen LogP contribution in [0.3, 0.4) is 0 Å². The van der Waals surface area contributed by atoms with Gasteiger partial charge in [0.1, 0.15) is 17.9 Å². The molecule has 0 radical (unpaired) electrons. The maximum absolute atomic E-state index is 13.4. The Kier molecular flexibility index (Phi) is 5.36. The molecule has 0 unspecified atom stereocenters. The molecule has 0 fully saturated rings. The highest BCUT2D eigenvalue weighted by Crippen LogP contribution is 2.34. The Hall–Kier alpha value is -4.73. The van der Waals surface area contributed by atoms with Crippen molar-refractivity contribution in [3.63, 3.8) is 0 Å². The van der Waals surface area contributed by atoms with Crippen LogP contribution < -0.4 is 0 Å². The monoisotopic (exact) mass is 513 g/mol. The average Bonchev–Trinajstić information content (AvgIpc) is 3.71. The first kappa shape index (κ1) is 22.7. The van der Waals surface area contributed by atoms with Gasteiger partial charge >= 0.3 is 0 Å². The van der Waals surface area contributed by atoms with Crippen molar-refractivity contribution < 1.29 is 17.9 Å². The van der Waals surface area contributed by atoms with Crippen molar-refractivity contribution in [3.05, 3.63) is 79.1 Å². The van der Waals surface area contributed by atoms with Gasteiger partial charge in [-0.15, -0.1) is 0 Å². The van der Waals surface area contributed by atoms with Gasteiger partial charge in [0.25, 0.3) is 10.0 Å². The number of aryl methyl sites for hydroxylation is 1. The van der Waals surface area contributed by atoms with Gasteiger partial charge in [0.15, 0.2) is 17.2 Å². The van der Waals surface area contributed by atoms with Crippen molar-refractivity contribution in [3.8, 4) is 23.3 Å². The van der Waals surface area contributed by atoms with E-state index in [1.54, 1.807) is 53.5 Å². The third kappa shape index (κ3) is 3.68. The zero-order chi connectivity index (χ0) is 25.6. The summed E-state index contributed by atoms with van der Waals surface area (Å²) in [6.45, 7) is 0.148. The van der Waals surface area contributed by atoms with E-state index in [0.29, 0.717) is 52.4 Å². The molecule has 0 saturated heterocycles. The summed E-state index contributed by atoms with van der Waals surface area (Å²) in [7, 11) is -3.89. The fourth-order valence-electron chi connectivity index (χ4n) is 4.28. The maximum Gasteiger partial charge on any atom is 0.269 e. The molecule has 12 heteroatoms. The number of aliphatic hydroxyl groups is 1. The van der Waals surface area contributed by atoms with E-state index in [9.17, 15) is 13.5 Å². The van der Waals surface area contributed by atoms with Crippen molar-refractivity contribution in [1.82, 2.24) is 28.3 Å². The van der Waals surface area contributed by atoms with Crippen LogP contribution in [-0.2, 0) is 23.2 Å². The molecule has 1 aromatic carbocycles. The van der Waals surface area contributed by atoms with Crippen molar-refractivity contribution in [1.29, 1.82) is 5.26 Å². The molecule has 11 nitrogen and oxygen atoms in total. The molecule has 0 saturated carbocycles. The third-order valence-corrected chi connectivity index (χ3v) is 7.64. The highest BCUT2D eigenvalue weighted by atomic mass is 32.2. The van der Waals surface area contributed by atoms with E-state index in [-0.39, 0.29) is 17.1 Å². The minimum Gasteiger partial charge on any atom is -0.455 e. The molecule has 0 aliphatic heterocycles. The Labute approximate surface area is 210 Å². The van der Waals surface area contributed by atoms with Crippen molar-refractivity contribution in [2.24, 2.45) is 0 Å². The molecule has 0 amide bonds. The van der Waals surface area contributed by atoms with E-state index in [1.807, 2.05) is 4.57 Å². The minimum absolute atomic E-state index is 0.148. The average molecular weight is 514 g/mol. The van der Waals surface area contributed by atoms with Crippen LogP contribution in [0.15, 0.2) is 82.6 Å². The number of aliphatic hydroxyl groups excluding tert-OH is 1. The maximum atomic E-state index is 13.4. The van der Waals surface area contributed by atoms with Crippen LogP contribution in [0.4, 0.5) is 0 Å². The number of pyridine rings is 1. The molecule has 0 bridgehead atoms. The van der Waals surface area contributed by atoms with Crippen LogP contribution in [0.5, 0.6) is 0 Å². The molecule has 37 heavy (non-hydrogen) atoms. The number of rotatable bonds is 7. The van der Waals surface area contributed by atoms with Gasteiger partial charge in [0, 0.05) is 17.8 Å². The van der Waals surface area contributed by atoms with Gasteiger partial charge in [-0.05, 0) is 30.3 Å². The smallest absolute Gasteiger partial charge is 0.269 e. The van der Waals surface area contributed by atoms with E-state index >= 15 is 0 Å². The van der Waals surface area contributed by atoms with Gasteiger partial charge < -0.3 is 9.52 Å². The molecule has 5 aromatic heterocycles. The second-order valence-corrected chi connectivity index (χ2v) is 10.0. The van der Waals surface area contributed by atoms with Crippen LogP contribution in [0, 0.1) is 11.3 Å². The van der Waals surface area contributed by atoms with Crippen molar-refractivity contribution in [2.75, 3.05) is 0 Å². The summed E-state index contributed by atoms with van der Waals surface area (Å²) in [4.78, 5) is 9.33. The zero-order valence-electron chi connectivity index (χ0n) is 19.3. The van der Waals surface area contributed by atoms with Gasteiger partial charge in [-0.3, -0.25) is 9.25 Å². The third-order valence-electron chi connectivity index (χ3n) is 5.96. The van der Waals surface area contributed by atoms with Gasteiger partial charge in [0.2, 0.25) is 0 Å². The quantitative estimate of drug-likeness (QED) is 0.342. The molecule has 184 valence electrons. The van der Waals surface area contributed by atoms with E-state index in [0.717, 1.165) is 3.97 Å². The molecule has 1 N–H and O–H groups in total. The first-order valence-electron chi connectivity index (χ1n) is 11.3. The fourth-order valence-corrected chi connectivity index (χ4v) is 5.60. The summed E-state index contributed by atoms with van der Waals surface area (Å²) in [6, 6.07) is 15.3. The lowest BCUT2D eigenvalue weighted by molar-refractivity contribution is 0.248. The summed E-state index contributed by atoms with van der Waals surface area (Å²) in [5.41, 5.74) is 2.02.